The van der Waals surface area contributed by atoms with E-state index in [0.717, 1.165) is 19.3 Å². The first kappa shape index (κ1) is 8.27. The molecule has 0 rings (SSSR count). The van der Waals surface area contributed by atoms with Gasteiger partial charge in [-0.2, -0.15) is 0 Å². The molecule has 0 unspecified atom stereocenters. The molecule has 3 nitrogen and oxygen atoms in total. The fourth-order valence-corrected chi connectivity index (χ4v) is 0.452. The number of rotatable bonds is 4. The maximum Gasteiger partial charge on any atom is 0.404 e. The lowest BCUT2D eigenvalue weighted by Gasteiger charge is -1.97. The average molecular weight is 130 g/mol. The van der Waals surface area contributed by atoms with Crippen LogP contribution in [0.1, 0.15) is 19.3 Å². The summed E-state index contributed by atoms with van der Waals surface area (Å²) in [5.74, 6) is 0. The Hall–Kier alpha value is -0.730. The summed E-state index contributed by atoms with van der Waals surface area (Å²) in [4.78, 5) is 9.95. The van der Waals surface area contributed by atoms with E-state index in [1.54, 1.807) is 0 Å². The van der Waals surface area contributed by atoms with Crippen molar-refractivity contribution in [2.24, 2.45) is 5.73 Å². The average Bonchev–Trinajstić information content (AvgIpc) is 1.80. The summed E-state index contributed by atoms with van der Waals surface area (Å²) in [6, 6.07) is 0. The predicted octanol–water partition coefficient (Wildman–Crippen LogP) is 1.09. The molecule has 1 radical (unpaired) electrons. The summed E-state index contributed by atoms with van der Waals surface area (Å²) >= 11 is 0. The van der Waals surface area contributed by atoms with Gasteiger partial charge in [0.05, 0.1) is 6.61 Å². The number of hydrogen-bond donors (Lipinski definition) is 1. The molecule has 0 saturated carbocycles. The molecule has 0 atom stereocenters. The quantitative estimate of drug-likeness (QED) is 0.579. The zero-order valence-corrected chi connectivity index (χ0v) is 5.43. The second-order valence-electron chi connectivity index (χ2n) is 1.73. The number of ether oxygens (including phenoxy) is 1. The molecule has 53 valence electrons. The molecule has 0 heterocycles. The van der Waals surface area contributed by atoms with Crippen molar-refractivity contribution in [1.29, 1.82) is 0 Å². The Balaban J connectivity index is 2.83. The lowest BCUT2D eigenvalue weighted by Crippen LogP contribution is -2.13. The second kappa shape index (κ2) is 5.41. The zero-order valence-electron chi connectivity index (χ0n) is 5.43. The van der Waals surface area contributed by atoms with Crippen LogP contribution >= 0.6 is 0 Å². The third-order valence-corrected chi connectivity index (χ3v) is 0.889. The van der Waals surface area contributed by atoms with Crippen LogP contribution < -0.4 is 5.73 Å². The van der Waals surface area contributed by atoms with Crippen molar-refractivity contribution in [2.45, 2.75) is 19.3 Å². The molecule has 1 amide bonds. The molecule has 2 N–H and O–H groups in total. The van der Waals surface area contributed by atoms with Crippen molar-refractivity contribution < 1.29 is 9.53 Å². The van der Waals surface area contributed by atoms with Gasteiger partial charge in [0.1, 0.15) is 0 Å². The van der Waals surface area contributed by atoms with Gasteiger partial charge in [0, 0.05) is 0 Å². The molecule has 0 aliphatic carbocycles. The van der Waals surface area contributed by atoms with Crippen LogP contribution in [0, 0.1) is 6.92 Å². The number of carbonyl (C=O) groups excluding carboxylic acids is 1. The van der Waals surface area contributed by atoms with Crippen molar-refractivity contribution in [3.8, 4) is 0 Å². The second-order valence-corrected chi connectivity index (χ2v) is 1.73. The Kier molecular flexibility index (Phi) is 4.97. The molecule has 9 heavy (non-hydrogen) atoms. The summed E-state index contributed by atoms with van der Waals surface area (Å²) in [6.07, 6.45) is 2.01. The van der Waals surface area contributed by atoms with Gasteiger partial charge in [-0.15, -0.1) is 0 Å². The molecular formula is C6H12NO2. The lowest BCUT2D eigenvalue weighted by molar-refractivity contribution is 0.154. The van der Waals surface area contributed by atoms with Gasteiger partial charge in [-0.05, 0) is 6.42 Å². The third-order valence-electron chi connectivity index (χ3n) is 0.889. The van der Waals surface area contributed by atoms with Gasteiger partial charge in [0.25, 0.3) is 0 Å². The number of nitrogens with two attached hydrogens (primary N) is 1. The van der Waals surface area contributed by atoms with Gasteiger partial charge in [-0.25, -0.2) is 4.79 Å². The van der Waals surface area contributed by atoms with Gasteiger partial charge in [0.2, 0.25) is 0 Å². The number of hydrogen-bond acceptors (Lipinski definition) is 2. The predicted molar refractivity (Wildman–Crippen MR) is 34.7 cm³/mol. The van der Waals surface area contributed by atoms with Crippen molar-refractivity contribution in [2.75, 3.05) is 6.61 Å². The molecule has 3 heteroatoms. The zero-order chi connectivity index (χ0) is 7.11. The summed E-state index contributed by atoms with van der Waals surface area (Å²) in [5, 5.41) is 0. The molecule has 0 aliphatic rings. The van der Waals surface area contributed by atoms with Gasteiger partial charge in [0.15, 0.2) is 0 Å². The van der Waals surface area contributed by atoms with Crippen LogP contribution in [0.15, 0.2) is 0 Å². The Labute approximate surface area is 55.2 Å². The van der Waals surface area contributed by atoms with Crippen molar-refractivity contribution in [1.82, 2.24) is 0 Å². The Morgan fingerprint density at radius 3 is 2.67 bits per heavy atom. The van der Waals surface area contributed by atoms with Crippen LogP contribution in [-0.4, -0.2) is 12.7 Å². The largest absolute Gasteiger partial charge is 0.450 e. The Morgan fingerprint density at radius 1 is 1.56 bits per heavy atom. The lowest BCUT2D eigenvalue weighted by atomic mass is 10.3. The molecule has 0 aromatic heterocycles. The third kappa shape index (κ3) is 7.27. The molecule has 0 aromatic rings. The first-order chi connectivity index (χ1) is 4.27. The van der Waals surface area contributed by atoms with Crippen molar-refractivity contribution >= 4 is 6.09 Å². The monoisotopic (exact) mass is 130 g/mol. The molecule has 0 saturated heterocycles. The highest BCUT2D eigenvalue weighted by Crippen LogP contribution is 1.92. The molecule has 0 bridgehead atoms. The normalized spacial score (nSPS) is 9.00. The number of carbonyl (C=O) groups is 1. The topological polar surface area (TPSA) is 52.3 Å². The van der Waals surface area contributed by atoms with E-state index in [1.807, 2.05) is 0 Å². The maximum absolute atomic E-state index is 9.95. The minimum atomic E-state index is -0.695. The standard InChI is InChI=1S/C6H12NO2/c1-2-3-4-5-9-6(7)8/h1-5H2,(H2,7,8). The van der Waals surface area contributed by atoms with Crippen molar-refractivity contribution in [3.63, 3.8) is 0 Å². The van der Waals surface area contributed by atoms with E-state index in [2.05, 4.69) is 11.7 Å². The highest BCUT2D eigenvalue weighted by molar-refractivity contribution is 5.64. The SMILES string of the molecule is [CH2]CCCCOC(N)=O. The highest BCUT2D eigenvalue weighted by Gasteiger charge is 1.90. The minimum Gasteiger partial charge on any atom is -0.450 e. The van der Waals surface area contributed by atoms with E-state index in [-0.39, 0.29) is 0 Å². The van der Waals surface area contributed by atoms with Crippen LogP contribution in [0.5, 0.6) is 0 Å². The van der Waals surface area contributed by atoms with Crippen LogP contribution in [-0.2, 0) is 4.74 Å². The molecular weight excluding hydrogens is 118 g/mol. The van der Waals surface area contributed by atoms with Gasteiger partial charge < -0.3 is 10.5 Å². The first-order valence-electron chi connectivity index (χ1n) is 2.99. The Morgan fingerprint density at radius 2 is 2.22 bits per heavy atom. The molecule has 0 spiro atoms. The maximum atomic E-state index is 9.95. The molecule has 0 fully saturated rings. The first-order valence-corrected chi connectivity index (χ1v) is 2.99. The van der Waals surface area contributed by atoms with Gasteiger partial charge in [-0.3, -0.25) is 0 Å². The molecule has 0 aliphatic heterocycles. The Bertz CT molecular complexity index is 83.1. The summed E-state index contributed by atoms with van der Waals surface area (Å²) in [7, 11) is 0. The fraction of sp³-hybridized carbons (Fsp3) is 0.667. The number of primary amides is 1. The highest BCUT2D eigenvalue weighted by atomic mass is 16.5. The van der Waals surface area contributed by atoms with Crippen LogP contribution in [0.25, 0.3) is 0 Å². The summed E-state index contributed by atoms with van der Waals surface area (Å²) < 4.78 is 4.46. The summed E-state index contributed by atoms with van der Waals surface area (Å²) in [5.41, 5.74) is 4.70. The van der Waals surface area contributed by atoms with E-state index in [1.165, 1.54) is 0 Å². The van der Waals surface area contributed by atoms with Gasteiger partial charge >= 0.3 is 6.09 Å². The number of unbranched alkanes of at least 4 members (excludes halogenated alkanes) is 2. The van der Waals surface area contributed by atoms with E-state index < -0.39 is 6.09 Å². The molecule has 0 aromatic carbocycles. The number of amides is 1. The fourth-order valence-electron chi connectivity index (χ4n) is 0.452. The summed E-state index contributed by atoms with van der Waals surface area (Å²) in [6.45, 7) is 4.05. The van der Waals surface area contributed by atoms with Crippen LogP contribution in [0.2, 0.25) is 0 Å². The van der Waals surface area contributed by atoms with E-state index in [0.29, 0.717) is 6.61 Å². The van der Waals surface area contributed by atoms with Crippen LogP contribution in [0.3, 0.4) is 0 Å². The van der Waals surface area contributed by atoms with E-state index in [9.17, 15) is 4.79 Å². The van der Waals surface area contributed by atoms with Gasteiger partial charge in [-0.1, -0.05) is 19.8 Å². The smallest absolute Gasteiger partial charge is 0.404 e. The van der Waals surface area contributed by atoms with E-state index in [4.69, 9.17) is 5.73 Å². The van der Waals surface area contributed by atoms with Crippen LogP contribution in [0.4, 0.5) is 4.79 Å². The van der Waals surface area contributed by atoms with Crippen molar-refractivity contribution in [3.05, 3.63) is 6.92 Å². The van der Waals surface area contributed by atoms with E-state index >= 15 is 0 Å². The minimum absolute atomic E-state index is 0.421.